The van der Waals surface area contributed by atoms with Crippen LogP contribution in [0, 0.1) is 24.4 Å². The summed E-state index contributed by atoms with van der Waals surface area (Å²) in [4.78, 5) is 3.90. The van der Waals surface area contributed by atoms with Gasteiger partial charge in [0, 0.05) is 18.3 Å². The molecule has 82 valence electrons. The number of rotatable bonds is 1. The van der Waals surface area contributed by atoms with E-state index in [4.69, 9.17) is 0 Å². The van der Waals surface area contributed by atoms with E-state index in [0.717, 1.165) is 5.56 Å². The summed E-state index contributed by atoms with van der Waals surface area (Å²) in [6.45, 7) is 1.81. The van der Waals surface area contributed by atoms with Gasteiger partial charge in [-0.3, -0.25) is 4.98 Å². The van der Waals surface area contributed by atoms with Crippen LogP contribution in [0.4, 0.5) is 13.2 Å². The first-order valence-corrected chi connectivity index (χ1v) is 4.65. The third-order valence-corrected chi connectivity index (χ3v) is 2.17. The molecule has 0 atom stereocenters. The third-order valence-electron chi connectivity index (χ3n) is 2.17. The molecule has 16 heavy (non-hydrogen) atoms. The van der Waals surface area contributed by atoms with Crippen LogP contribution in [0.2, 0.25) is 0 Å². The van der Waals surface area contributed by atoms with E-state index in [0.29, 0.717) is 12.1 Å². The fourth-order valence-electron chi connectivity index (χ4n) is 1.40. The third kappa shape index (κ3) is 1.91. The van der Waals surface area contributed by atoms with E-state index in [-0.39, 0.29) is 11.3 Å². The fraction of sp³-hybridized carbons (Fsp3) is 0.0833. The minimum absolute atomic E-state index is 0.153. The van der Waals surface area contributed by atoms with Crippen molar-refractivity contribution in [3.63, 3.8) is 0 Å². The summed E-state index contributed by atoms with van der Waals surface area (Å²) in [5.74, 6) is -2.84. The number of hydrogen-bond acceptors (Lipinski definition) is 1. The van der Waals surface area contributed by atoms with Crippen molar-refractivity contribution >= 4 is 0 Å². The highest BCUT2D eigenvalue weighted by molar-refractivity contribution is 5.60. The quantitative estimate of drug-likeness (QED) is 0.721. The molecule has 4 heteroatoms. The normalized spacial score (nSPS) is 10.5. The first-order valence-electron chi connectivity index (χ1n) is 4.65. The van der Waals surface area contributed by atoms with Gasteiger partial charge < -0.3 is 0 Å². The topological polar surface area (TPSA) is 12.9 Å². The number of hydrogen-bond donors (Lipinski definition) is 0. The smallest absolute Gasteiger partial charge is 0.138 e. The molecule has 0 saturated carbocycles. The molecule has 0 spiro atoms. The van der Waals surface area contributed by atoms with E-state index in [1.807, 2.05) is 6.92 Å². The minimum Gasteiger partial charge on any atom is -0.256 e. The highest BCUT2D eigenvalue weighted by Crippen LogP contribution is 2.25. The molecule has 1 aromatic heterocycles. The Hall–Kier alpha value is -1.84. The molecule has 0 amide bonds. The number of aryl methyl sites for hydroxylation is 1. The van der Waals surface area contributed by atoms with Gasteiger partial charge in [0.05, 0.1) is 11.3 Å². The Morgan fingerprint density at radius 2 is 1.62 bits per heavy atom. The molecule has 0 radical (unpaired) electrons. The lowest BCUT2D eigenvalue weighted by atomic mass is 10.1. The molecule has 0 saturated heterocycles. The molecule has 0 bridgehead atoms. The maximum atomic E-state index is 13.4. The maximum absolute atomic E-state index is 13.4. The average Bonchev–Trinajstić information content (AvgIpc) is 2.19. The Morgan fingerprint density at radius 3 is 2.12 bits per heavy atom. The van der Waals surface area contributed by atoms with Gasteiger partial charge in [0.15, 0.2) is 0 Å². The molecular weight excluding hydrogens is 215 g/mol. The second-order valence-electron chi connectivity index (χ2n) is 3.47. The zero-order valence-corrected chi connectivity index (χ0v) is 8.47. The number of benzene rings is 1. The van der Waals surface area contributed by atoms with Gasteiger partial charge in [-0.2, -0.15) is 0 Å². The molecule has 0 unspecified atom stereocenters. The van der Waals surface area contributed by atoms with E-state index >= 15 is 0 Å². The molecule has 0 fully saturated rings. The standard InChI is InChI=1S/C12H8F3N/c1-7-2-3-11(16-6-7)12-9(14)4-8(13)5-10(12)15/h2-6H,1H3. The summed E-state index contributed by atoms with van der Waals surface area (Å²) < 4.78 is 39.4. The Labute approximate surface area is 90.6 Å². The van der Waals surface area contributed by atoms with Crippen molar-refractivity contribution in [1.82, 2.24) is 4.98 Å². The van der Waals surface area contributed by atoms with Crippen molar-refractivity contribution in [2.24, 2.45) is 0 Å². The summed E-state index contributed by atoms with van der Waals surface area (Å²) in [5.41, 5.74) is 0.730. The number of halogens is 3. The minimum atomic E-state index is -0.950. The van der Waals surface area contributed by atoms with Crippen LogP contribution in [0.3, 0.4) is 0 Å². The van der Waals surface area contributed by atoms with Crippen molar-refractivity contribution in [2.45, 2.75) is 6.92 Å². The van der Waals surface area contributed by atoms with Crippen molar-refractivity contribution < 1.29 is 13.2 Å². The molecule has 0 aliphatic carbocycles. The van der Waals surface area contributed by atoms with Crippen LogP contribution in [0.25, 0.3) is 11.3 Å². The van der Waals surface area contributed by atoms with E-state index in [1.54, 1.807) is 6.07 Å². The Bertz CT molecular complexity index is 497. The highest BCUT2D eigenvalue weighted by atomic mass is 19.1. The maximum Gasteiger partial charge on any atom is 0.138 e. The molecular formula is C12H8F3N. The predicted molar refractivity (Wildman–Crippen MR) is 54.3 cm³/mol. The van der Waals surface area contributed by atoms with Gasteiger partial charge in [0.1, 0.15) is 17.5 Å². The van der Waals surface area contributed by atoms with E-state index in [9.17, 15) is 13.2 Å². The Morgan fingerprint density at radius 1 is 1.00 bits per heavy atom. The molecule has 0 N–H and O–H groups in total. The van der Waals surface area contributed by atoms with Crippen LogP contribution in [0.5, 0.6) is 0 Å². The summed E-state index contributed by atoms with van der Waals surface area (Å²) in [6.07, 6.45) is 1.50. The van der Waals surface area contributed by atoms with Crippen LogP contribution in [0.1, 0.15) is 5.56 Å². The van der Waals surface area contributed by atoms with Crippen molar-refractivity contribution in [3.8, 4) is 11.3 Å². The lowest BCUT2D eigenvalue weighted by Crippen LogP contribution is -1.94. The van der Waals surface area contributed by atoms with Crippen LogP contribution >= 0.6 is 0 Å². The second-order valence-corrected chi connectivity index (χ2v) is 3.47. The first-order chi connectivity index (χ1) is 7.58. The van der Waals surface area contributed by atoms with E-state index in [1.165, 1.54) is 12.3 Å². The van der Waals surface area contributed by atoms with Gasteiger partial charge in [-0.25, -0.2) is 13.2 Å². The molecule has 1 heterocycles. The van der Waals surface area contributed by atoms with Gasteiger partial charge in [0.25, 0.3) is 0 Å². The second kappa shape index (κ2) is 3.96. The van der Waals surface area contributed by atoms with Crippen molar-refractivity contribution in [3.05, 3.63) is 53.5 Å². The zero-order valence-electron chi connectivity index (χ0n) is 8.47. The van der Waals surface area contributed by atoms with Crippen molar-refractivity contribution in [1.29, 1.82) is 0 Å². The molecule has 0 aliphatic rings. The number of nitrogens with zero attached hydrogens (tertiary/aromatic N) is 1. The highest BCUT2D eigenvalue weighted by Gasteiger charge is 2.14. The molecule has 0 aliphatic heterocycles. The van der Waals surface area contributed by atoms with Gasteiger partial charge in [-0.05, 0) is 18.6 Å². The van der Waals surface area contributed by atoms with Crippen molar-refractivity contribution in [2.75, 3.05) is 0 Å². The van der Waals surface area contributed by atoms with Gasteiger partial charge in [0.2, 0.25) is 0 Å². The molecule has 1 nitrogen and oxygen atoms in total. The fourth-order valence-corrected chi connectivity index (χ4v) is 1.40. The summed E-state index contributed by atoms with van der Waals surface area (Å²) in [5, 5.41) is 0. The number of pyridine rings is 1. The van der Waals surface area contributed by atoms with Gasteiger partial charge in [-0.15, -0.1) is 0 Å². The van der Waals surface area contributed by atoms with Gasteiger partial charge in [-0.1, -0.05) is 6.07 Å². The van der Waals surface area contributed by atoms with Crippen LogP contribution in [-0.4, -0.2) is 4.98 Å². The SMILES string of the molecule is Cc1ccc(-c2c(F)cc(F)cc2F)nc1. The van der Waals surface area contributed by atoms with E-state index < -0.39 is 17.5 Å². The van der Waals surface area contributed by atoms with Gasteiger partial charge >= 0.3 is 0 Å². The molecule has 2 aromatic rings. The van der Waals surface area contributed by atoms with Crippen LogP contribution < -0.4 is 0 Å². The van der Waals surface area contributed by atoms with Crippen LogP contribution in [0.15, 0.2) is 30.5 Å². The Kier molecular flexibility index (Phi) is 2.64. The summed E-state index contributed by atoms with van der Waals surface area (Å²) in [6, 6.07) is 4.46. The van der Waals surface area contributed by atoms with E-state index in [2.05, 4.69) is 4.98 Å². The summed E-state index contributed by atoms with van der Waals surface area (Å²) in [7, 11) is 0. The average molecular weight is 223 g/mol. The zero-order chi connectivity index (χ0) is 11.7. The molecule has 1 aromatic carbocycles. The lowest BCUT2D eigenvalue weighted by Gasteiger charge is -2.04. The monoisotopic (exact) mass is 223 g/mol. The van der Waals surface area contributed by atoms with Crippen LogP contribution in [-0.2, 0) is 0 Å². The lowest BCUT2D eigenvalue weighted by molar-refractivity contribution is 0.547. The summed E-state index contributed by atoms with van der Waals surface area (Å²) >= 11 is 0. The molecule has 2 rings (SSSR count). The predicted octanol–water partition coefficient (Wildman–Crippen LogP) is 3.47. The largest absolute Gasteiger partial charge is 0.256 e. The number of aromatic nitrogens is 1. The Balaban J connectivity index is 2.60. The first kappa shape index (κ1) is 10.7.